The minimum atomic E-state index is -0.167. The normalized spacial score (nSPS) is 26.0. The molecule has 3 unspecified atom stereocenters. The Balaban J connectivity index is 2.20. The van der Waals surface area contributed by atoms with Gasteiger partial charge >= 0.3 is 0 Å². The van der Waals surface area contributed by atoms with E-state index in [1.54, 1.807) is 6.07 Å². The Bertz CT molecular complexity index is 402. The van der Waals surface area contributed by atoms with Crippen LogP contribution >= 0.6 is 0 Å². The molecule has 1 fully saturated rings. The zero-order chi connectivity index (χ0) is 13.1. The molecule has 1 saturated carbocycles. The summed E-state index contributed by atoms with van der Waals surface area (Å²) in [4.78, 5) is 0. The number of hydrogen-bond acceptors (Lipinski definition) is 1. The van der Waals surface area contributed by atoms with Crippen LogP contribution in [0.2, 0.25) is 0 Å². The predicted molar refractivity (Wildman–Crippen MR) is 73.8 cm³/mol. The van der Waals surface area contributed by atoms with E-state index in [-0.39, 0.29) is 11.9 Å². The first-order chi connectivity index (χ1) is 8.63. The standard InChI is InChI=1S/C16H24FN/c1-3-12-6-4-5-7-15(12)16(18)14-9-8-13(17)10-11(14)2/h8-10,12,15-16H,3-7,18H2,1-2H3. The van der Waals surface area contributed by atoms with Crippen LogP contribution in [0, 0.1) is 24.6 Å². The highest BCUT2D eigenvalue weighted by atomic mass is 19.1. The second kappa shape index (κ2) is 5.83. The van der Waals surface area contributed by atoms with Crippen molar-refractivity contribution in [2.45, 2.75) is 52.0 Å². The molecule has 18 heavy (non-hydrogen) atoms. The van der Waals surface area contributed by atoms with Crippen LogP contribution in [0.15, 0.2) is 18.2 Å². The van der Waals surface area contributed by atoms with Gasteiger partial charge < -0.3 is 5.73 Å². The van der Waals surface area contributed by atoms with E-state index in [1.165, 1.54) is 38.2 Å². The third-order valence-electron chi connectivity index (χ3n) is 4.54. The molecule has 1 aromatic carbocycles. The summed E-state index contributed by atoms with van der Waals surface area (Å²) >= 11 is 0. The predicted octanol–water partition coefficient (Wildman–Crippen LogP) is 4.35. The van der Waals surface area contributed by atoms with Gasteiger partial charge in [-0.2, -0.15) is 0 Å². The zero-order valence-corrected chi connectivity index (χ0v) is 11.5. The van der Waals surface area contributed by atoms with Crippen LogP contribution in [-0.2, 0) is 0 Å². The van der Waals surface area contributed by atoms with Crippen molar-refractivity contribution in [2.75, 3.05) is 0 Å². The van der Waals surface area contributed by atoms with E-state index in [1.807, 2.05) is 13.0 Å². The lowest BCUT2D eigenvalue weighted by atomic mass is 9.72. The van der Waals surface area contributed by atoms with Crippen molar-refractivity contribution in [3.63, 3.8) is 0 Å². The van der Waals surface area contributed by atoms with Gasteiger partial charge in [0.15, 0.2) is 0 Å². The second-order valence-corrected chi connectivity index (χ2v) is 5.64. The Labute approximate surface area is 110 Å². The highest BCUT2D eigenvalue weighted by Crippen LogP contribution is 2.39. The number of aryl methyl sites for hydroxylation is 1. The molecule has 1 aliphatic carbocycles. The molecule has 2 N–H and O–H groups in total. The minimum Gasteiger partial charge on any atom is -0.324 e. The maximum Gasteiger partial charge on any atom is 0.123 e. The first kappa shape index (κ1) is 13.5. The molecule has 0 aromatic heterocycles. The van der Waals surface area contributed by atoms with Gasteiger partial charge in [0.25, 0.3) is 0 Å². The average molecular weight is 249 g/mol. The fourth-order valence-electron chi connectivity index (χ4n) is 3.46. The molecular formula is C16H24FN. The topological polar surface area (TPSA) is 26.0 Å². The SMILES string of the molecule is CCC1CCCCC1C(N)c1ccc(F)cc1C. The summed E-state index contributed by atoms with van der Waals surface area (Å²) in [5.41, 5.74) is 8.58. The highest BCUT2D eigenvalue weighted by Gasteiger charge is 2.30. The molecule has 0 saturated heterocycles. The zero-order valence-electron chi connectivity index (χ0n) is 11.5. The molecular weight excluding hydrogens is 225 g/mol. The van der Waals surface area contributed by atoms with Crippen LogP contribution in [0.25, 0.3) is 0 Å². The van der Waals surface area contributed by atoms with Gasteiger partial charge in [-0.3, -0.25) is 0 Å². The summed E-state index contributed by atoms with van der Waals surface area (Å²) in [6.07, 6.45) is 6.35. The summed E-state index contributed by atoms with van der Waals surface area (Å²) in [7, 11) is 0. The monoisotopic (exact) mass is 249 g/mol. The summed E-state index contributed by atoms with van der Waals surface area (Å²) in [6.45, 7) is 4.22. The molecule has 0 spiro atoms. The highest BCUT2D eigenvalue weighted by molar-refractivity contribution is 5.30. The van der Waals surface area contributed by atoms with Gasteiger partial charge in [-0.25, -0.2) is 4.39 Å². The molecule has 0 bridgehead atoms. The number of halogens is 1. The Morgan fingerprint density at radius 3 is 2.72 bits per heavy atom. The van der Waals surface area contributed by atoms with Crippen LogP contribution in [0.5, 0.6) is 0 Å². The lowest BCUT2D eigenvalue weighted by Crippen LogP contribution is -2.30. The van der Waals surface area contributed by atoms with Gasteiger partial charge in [-0.1, -0.05) is 38.7 Å². The fourth-order valence-corrected chi connectivity index (χ4v) is 3.46. The maximum atomic E-state index is 13.2. The lowest BCUT2D eigenvalue weighted by Gasteiger charge is -2.35. The fraction of sp³-hybridized carbons (Fsp3) is 0.625. The van der Waals surface area contributed by atoms with Crippen molar-refractivity contribution in [1.29, 1.82) is 0 Å². The van der Waals surface area contributed by atoms with E-state index >= 15 is 0 Å². The van der Waals surface area contributed by atoms with Crippen molar-refractivity contribution in [3.05, 3.63) is 35.1 Å². The van der Waals surface area contributed by atoms with Crippen LogP contribution in [0.3, 0.4) is 0 Å². The van der Waals surface area contributed by atoms with Crippen molar-refractivity contribution in [2.24, 2.45) is 17.6 Å². The Morgan fingerprint density at radius 1 is 1.33 bits per heavy atom. The summed E-state index contributed by atoms with van der Waals surface area (Å²) in [5.74, 6) is 1.13. The van der Waals surface area contributed by atoms with E-state index < -0.39 is 0 Å². The maximum absolute atomic E-state index is 13.2. The first-order valence-corrected chi connectivity index (χ1v) is 7.15. The van der Waals surface area contributed by atoms with Crippen molar-refractivity contribution in [3.8, 4) is 0 Å². The third kappa shape index (κ3) is 2.74. The molecule has 0 aliphatic heterocycles. The van der Waals surface area contributed by atoms with Gasteiger partial charge in [0.1, 0.15) is 5.82 Å². The smallest absolute Gasteiger partial charge is 0.123 e. The molecule has 100 valence electrons. The molecule has 2 rings (SSSR count). The largest absolute Gasteiger partial charge is 0.324 e. The summed E-state index contributed by atoms with van der Waals surface area (Å²) in [6, 6.07) is 5.07. The molecule has 0 radical (unpaired) electrons. The molecule has 0 heterocycles. The minimum absolute atomic E-state index is 0.0656. The van der Waals surface area contributed by atoms with Gasteiger partial charge in [-0.15, -0.1) is 0 Å². The van der Waals surface area contributed by atoms with E-state index in [0.717, 1.165) is 17.0 Å². The van der Waals surface area contributed by atoms with Gasteiger partial charge in [0, 0.05) is 6.04 Å². The Kier molecular flexibility index (Phi) is 4.39. The first-order valence-electron chi connectivity index (χ1n) is 7.15. The second-order valence-electron chi connectivity index (χ2n) is 5.64. The van der Waals surface area contributed by atoms with E-state index in [0.29, 0.717) is 5.92 Å². The van der Waals surface area contributed by atoms with Gasteiger partial charge in [0.2, 0.25) is 0 Å². The average Bonchev–Trinajstić information content (AvgIpc) is 2.38. The molecule has 0 amide bonds. The number of rotatable bonds is 3. The Hall–Kier alpha value is -0.890. The Morgan fingerprint density at radius 2 is 2.06 bits per heavy atom. The molecule has 2 heteroatoms. The van der Waals surface area contributed by atoms with Crippen LogP contribution in [0.1, 0.15) is 56.2 Å². The van der Waals surface area contributed by atoms with Crippen LogP contribution in [0.4, 0.5) is 4.39 Å². The summed E-state index contributed by atoms with van der Waals surface area (Å²) < 4.78 is 13.2. The van der Waals surface area contributed by atoms with Crippen molar-refractivity contribution >= 4 is 0 Å². The quantitative estimate of drug-likeness (QED) is 0.846. The number of nitrogens with two attached hydrogens (primary N) is 1. The third-order valence-corrected chi connectivity index (χ3v) is 4.54. The number of benzene rings is 1. The van der Waals surface area contributed by atoms with Crippen LogP contribution < -0.4 is 5.73 Å². The van der Waals surface area contributed by atoms with Crippen molar-refractivity contribution < 1.29 is 4.39 Å². The van der Waals surface area contributed by atoms with Crippen molar-refractivity contribution in [1.82, 2.24) is 0 Å². The molecule has 1 aliphatic rings. The molecule has 1 aromatic rings. The van der Waals surface area contributed by atoms with E-state index in [9.17, 15) is 4.39 Å². The number of hydrogen-bond donors (Lipinski definition) is 1. The molecule has 3 atom stereocenters. The van der Waals surface area contributed by atoms with E-state index in [2.05, 4.69) is 6.92 Å². The van der Waals surface area contributed by atoms with Crippen LogP contribution in [-0.4, -0.2) is 0 Å². The van der Waals surface area contributed by atoms with Gasteiger partial charge in [-0.05, 0) is 48.4 Å². The lowest BCUT2D eigenvalue weighted by molar-refractivity contribution is 0.196. The van der Waals surface area contributed by atoms with E-state index in [4.69, 9.17) is 5.73 Å². The van der Waals surface area contributed by atoms with Gasteiger partial charge in [0.05, 0.1) is 0 Å². The molecule has 1 nitrogen and oxygen atoms in total. The summed E-state index contributed by atoms with van der Waals surface area (Å²) in [5, 5.41) is 0.